The monoisotopic (exact) mass is 358 g/mol. The highest BCUT2D eigenvalue weighted by Gasteiger charge is 2.27. The molecule has 6 heteroatoms. The van der Waals surface area contributed by atoms with E-state index in [4.69, 9.17) is 5.73 Å². The van der Waals surface area contributed by atoms with Crippen molar-refractivity contribution >= 4 is 17.5 Å². The molecule has 0 unspecified atom stereocenters. The molecule has 26 heavy (non-hydrogen) atoms. The van der Waals surface area contributed by atoms with E-state index in [9.17, 15) is 9.59 Å². The average Bonchev–Trinajstić information content (AvgIpc) is 2.65. The molecule has 0 spiro atoms. The van der Waals surface area contributed by atoms with Crippen LogP contribution < -0.4 is 10.6 Å². The highest BCUT2D eigenvalue weighted by molar-refractivity contribution is 5.80. The van der Waals surface area contributed by atoms with Crippen molar-refractivity contribution < 1.29 is 9.59 Å². The molecule has 3 rings (SSSR count). The van der Waals surface area contributed by atoms with Crippen molar-refractivity contribution in [1.29, 1.82) is 0 Å². The number of rotatable bonds is 4. The summed E-state index contributed by atoms with van der Waals surface area (Å²) in [5.74, 6) is -0.132. The molecule has 2 fully saturated rings. The lowest BCUT2D eigenvalue weighted by Gasteiger charge is -2.38. The number of carbonyl (C=O) groups excluding carboxylic acids is 2. The second-order valence-electron chi connectivity index (χ2n) is 7.54. The molecule has 2 heterocycles. The van der Waals surface area contributed by atoms with Crippen LogP contribution in [0, 0.1) is 19.8 Å². The lowest BCUT2D eigenvalue weighted by molar-refractivity contribution is -0.136. The van der Waals surface area contributed by atoms with Gasteiger partial charge in [0.25, 0.3) is 0 Å². The maximum Gasteiger partial charge on any atom is 0.236 e. The topological polar surface area (TPSA) is 69.9 Å². The molecule has 2 amide bonds. The Hall–Kier alpha value is -2.08. The second kappa shape index (κ2) is 8.08. The molecule has 6 nitrogen and oxygen atoms in total. The van der Waals surface area contributed by atoms with Crippen LogP contribution >= 0.6 is 0 Å². The number of likely N-dealkylation sites (tertiary alicyclic amines) is 1. The van der Waals surface area contributed by atoms with Crippen LogP contribution in [0.15, 0.2) is 18.2 Å². The molecule has 2 N–H and O–H groups in total. The summed E-state index contributed by atoms with van der Waals surface area (Å²) in [5.41, 5.74) is 9.33. The molecule has 0 atom stereocenters. The molecule has 0 bridgehead atoms. The molecule has 0 aromatic heterocycles. The van der Waals surface area contributed by atoms with E-state index < -0.39 is 0 Å². The number of nitrogens with zero attached hydrogens (tertiary/aromatic N) is 3. The molecule has 0 saturated carbocycles. The van der Waals surface area contributed by atoms with Gasteiger partial charge in [0.05, 0.1) is 6.54 Å². The largest absolute Gasteiger partial charge is 0.369 e. The Kier molecular flexibility index (Phi) is 5.81. The number of hydrogen-bond donors (Lipinski definition) is 1. The van der Waals surface area contributed by atoms with Gasteiger partial charge in [0, 0.05) is 50.9 Å². The second-order valence-corrected chi connectivity index (χ2v) is 7.54. The first-order chi connectivity index (χ1) is 12.5. The minimum Gasteiger partial charge on any atom is -0.369 e. The van der Waals surface area contributed by atoms with Gasteiger partial charge in [-0.15, -0.1) is 0 Å². The Morgan fingerprint density at radius 1 is 1.04 bits per heavy atom. The van der Waals surface area contributed by atoms with Crippen molar-refractivity contribution in [2.75, 3.05) is 50.7 Å². The fourth-order valence-electron chi connectivity index (χ4n) is 3.93. The third-order valence-corrected chi connectivity index (χ3v) is 5.90. The van der Waals surface area contributed by atoms with Crippen molar-refractivity contribution in [3.8, 4) is 0 Å². The van der Waals surface area contributed by atoms with Gasteiger partial charge in [-0.3, -0.25) is 14.5 Å². The number of aryl methyl sites for hydroxylation is 1. The normalized spacial score (nSPS) is 19.6. The first kappa shape index (κ1) is 18.7. The van der Waals surface area contributed by atoms with E-state index in [0.717, 1.165) is 26.2 Å². The average molecular weight is 358 g/mol. The van der Waals surface area contributed by atoms with Gasteiger partial charge in [0.1, 0.15) is 0 Å². The lowest BCUT2D eigenvalue weighted by atomic mass is 9.96. The van der Waals surface area contributed by atoms with Gasteiger partial charge in [-0.25, -0.2) is 0 Å². The Morgan fingerprint density at radius 2 is 1.69 bits per heavy atom. The van der Waals surface area contributed by atoms with Crippen LogP contribution in [0.3, 0.4) is 0 Å². The predicted octanol–water partition coefficient (Wildman–Crippen LogP) is 1.15. The summed E-state index contributed by atoms with van der Waals surface area (Å²) < 4.78 is 0. The maximum atomic E-state index is 12.5. The van der Waals surface area contributed by atoms with Crippen molar-refractivity contribution in [2.45, 2.75) is 26.7 Å². The quantitative estimate of drug-likeness (QED) is 0.877. The van der Waals surface area contributed by atoms with Crippen LogP contribution in [0.2, 0.25) is 0 Å². The number of anilines is 1. The molecule has 0 radical (unpaired) electrons. The molecule has 0 aliphatic carbocycles. The van der Waals surface area contributed by atoms with E-state index in [-0.39, 0.29) is 17.7 Å². The summed E-state index contributed by atoms with van der Waals surface area (Å²) in [5, 5.41) is 0. The maximum absolute atomic E-state index is 12.5. The van der Waals surface area contributed by atoms with Crippen molar-refractivity contribution in [1.82, 2.24) is 9.80 Å². The summed E-state index contributed by atoms with van der Waals surface area (Å²) in [6.07, 6.45) is 1.39. The third-order valence-electron chi connectivity index (χ3n) is 5.90. The van der Waals surface area contributed by atoms with Gasteiger partial charge in [-0.05, 0) is 43.9 Å². The Labute approximate surface area is 155 Å². The molecule has 2 aliphatic rings. The summed E-state index contributed by atoms with van der Waals surface area (Å²) in [6, 6.07) is 6.45. The highest BCUT2D eigenvalue weighted by atomic mass is 16.2. The van der Waals surface area contributed by atoms with Crippen molar-refractivity contribution in [3.05, 3.63) is 29.3 Å². The van der Waals surface area contributed by atoms with E-state index in [1.54, 1.807) is 0 Å². The molecule has 2 saturated heterocycles. The Balaban J connectivity index is 1.47. The van der Waals surface area contributed by atoms with E-state index in [1.165, 1.54) is 16.8 Å². The summed E-state index contributed by atoms with van der Waals surface area (Å²) >= 11 is 0. The SMILES string of the molecule is Cc1cccc(N2CCN(CC(=O)N3CCC(C(N)=O)CC3)CC2)c1C. The summed E-state index contributed by atoms with van der Waals surface area (Å²) in [6.45, 7) is 9.79. The van der Waals surface area contributed by atoms with Crippen molar-refractivity contribution in [2.24, 2.45) is 11.7 Å². The molecule has 2 aliphatic heterocycles. The number of nitrogens with two attached hydrogens (primary N) is 1. The smallest absolute Gasteiger partial charge is 0.236 e. The minimum absolute atomic E-state index is 0.0693. The van der Waals surface area contributed by atoms with E-state index in [0.29, 0.717) is 32.5 Å². The zero-order valence-corrected chi connectivity index (χ0v) is 15.9. The van der Waals surface area contributed by atoms with Gasteiger partial charge in [-0.1, -0.05) is 12.1 Å². The van der Waals surface area contributed by atoms with Gasteiger partial charge < -0.3 is 15.5 Å². The van der Waals surface area contributed by atoms with Crippen LogP contribution in [0.4, 0.5) is 5.69 Å². The van der Waals surface area contributed by atoms with Gasteiger partial charge in [-0.2, -0.15) is 0 Å². The van der Waals surface area contributed by atoms with Gasteiger partial charge >= 0.3 is 0 Å². The van der Waals surface area contributed by atoms with Gasteiger partial charge in [0.15, 0.2) is 0 Å². The fourth-order valence-corrected chi connectivity index (χ4v) is 3.93. The standard InChI is InChI=1S/C20H30N4O2/c1-15-4-3-5-18(16(15)2)23-12-10-22(11-13-23)14-19(25)24-8-6-17(7-9-24)20(21)26/h3-5,17H,6-14H2,1-2H3,(H2,21,26). The zero-order valence-electron chi connectivity index (χ0n) is 15.9. The number of benzene rings is 1. The predicted molar refractivity (Wildman–Crippen MR) is 103 cm³/mol. The van der Waals surface area contributed by atoms with Crippen LogP contribution in [0.1, 0.15) is 24.0 Å². The number of piperazine rings is 1. The van der Waals surface area contributed by atoms with E-state index >= 15 is 0 Å². The molecule has 1 aromatic carbocycles. The minimum atomic E-state index is -0.236. The van der Waals surface area contributed by atoms with Crippen LogP contribution in [0.5, 0.6) is 0 Å². The molecular formula is C20H30N4O2. The Morgan fingerprint density at radius 3 is 2.31 bits per heavy atom. The van der Waals surface area contributed by atoms with E-state index in [1.807, 2.05) is 4.90 Å². The first-order valence-corrected chi connectivity index (χ1v) is 9.56. The third kappa shape index (κ3) is 4.18. The molecular weight excluding hydrogens is 328 g/mol. The summed E-state index contributed by atoms with van der Waals surface area (Å²) in [7, 11) is 0. The number of piperidine rings is 1. The number of primary amides is 1. The van der Waals surface area contributed by atoms with Crippen molar-refractivity contribution in [3.63, 3.8) is 0 Å². The van der Waals surface area contributed by atoms with Crippen LogP contribution in [-0.4, -0.2) is 67.4 Å². The highest BCUT2D eigenvalue weighted by Crippen LogP contribution is 2.24. The van der Waals surface area contributed by atoms with E-state index in [2.05, 4.69) is 41.8 Å². The number of carbonyl (C=O) groups is 2. The lowest BCUT2D eigenvalue weighted by Crippen LogP contribution is -2.51. The molecule has 1 aromatic rings. The number of amides is 2. The number of hydrogen-bond acceptors (Lipinski definition) is 4. The summed E-state index contributed by atoms with van der Waals surface area (Å²) in [4.78, 5) is 30.3. The zero-order chi connectivity index (χ0) is 18.7. The first-order valence-electron chi connectivity index (χ1n) is 9.56. The molecule has 142 valence electrons. The fraction of sp³-hybridized carbons (Fsp3) is 0.600. The van der Waals surface area contributed by atoms with Crippen LogP contribution in [-0.2, 0) is 9.59 Å². The van der Waals surface area contributed by atoms with Crippen LogP contribution in [0.25, 0.3) is 0 Å². The Bertz CT molecular complexity index is 660. The van der Waals surface area contributed by atoms with Gasteiger partial charge in [0.2, 0.25) is 11.8 Å².